The van der Waals surface area contributed by atoms with Crippen LogP contribution in [0.25, 0.3) is 0 Å². The second-order valence-corrected chi connectivity index (χ2v) is 6.88. The molecule has 5 heteroatoms. The molecule has 0 spiro atoms. The number of nitrogens with one attached hydrogen (secondary N) is 1. The van der Waals surface area contributed by atoms with Crippen LogP contribution in [-0.2, 0) is 0 Å². The summed E-state index contributed by atoms with van der Waals surface area (Å²) in [6.07, 6.45) is 10.3. The molecule has 1 heterocycles. The Morgan fingerprint density at radius 2 is 1.76 bits per heavy atom. The first-order chi connectivity index (χ1) is 12.2. The smallest absolute Gasteiger partial charge is 0.272 e. The summed E-state index contributed by atoms with van der Waals surface area (Å²) >= 11 is 0. The van der Waals surface area contributed by atoms with E-state index in [9.17, 15) is 9.59 Å². The van der Waals surface area contributed by atoms with Gasteiger partial charge >= 0.3 is 0 Å². The van der Waals surface area contributed by atoms with Gasteiger partial charge in [-0.2, -0.15) is 0 Å². The van der Waals surface area contributed by atoms with Crippen LogP contribution in [0.3, 0.4) is 0 Å². The van der Waals surface area contributed by atoms with E-state index in [0.717, 1.165) is 25.7 Å². The molecule has 0 atom stereocenters. The van der Waals surface area contributed by atoms with Gasteiger partial charge in [0.05, 0.1) is 0 Å². The van der Waals surface area contributed by atoms with Crippen LogP contribution in [-0.4, -0.2) is 40.8 Å². The molecule has 1 fully saturated rings. The van der Waals surface area contributed by atoms with Crippen molar-refractivity contribution < 1.29 is 9.59 Å². The van der Waals surface area contributed by atoms with E-state index in [1.54, 1.807) is 18.3 Å². The van der Waals surface area contributed by atoms with Gasteiger partial charge in [-0.15, -0.1) is 0 Å². The molecule has 0 saturated heterocycles. The summed E-state index contributed by atoms with van der Waals surface area (Å²) in [5, 5.41) is 3.13. The van der Waals surface area contributed by atoms with Crippen molar-refractivity contribution >= 4 is 11.8 Å². The minimum atomic E-state index is -0.0964. The molecule has 25 heavy (non-hydrogen) atoms. The average Bonchev–Trinajstić information content (AvgIpc) is 2.89. The topological polar surface area (TPSA) is 62.3 Å². The van der Waals surface area contributed by atoms with E-state index in [4.69, 9.17) is 0 Å². The fourth-order valence-electron chi connectivity index (χ4n) is 3.40. The van der Waals surface area contributed by atoms with Gasteiger partial charge in [0.1, 0.15) is 5.69 Å². The van der Waals surface area contributed by atoms with E-state index >= 15 is 0 Å². The summed E-state index contributed by atoms with van der Waals surface area (Å²) < 4.78 is 0. The monoisotopic (exact) mass is 345 g/mol. The van der Waals surface area contributed by atoms with Crippen LogP contribution in [0.2, 0.25) is 0 Å². The zero-order valence-corrected chi connectivity index (χ0v) is 15.6. The molecule has 1 N–H and O–H groups in total. The minimum absolute atomic E-state index is 0.0900. The Balaban J connectivity index is 2.06. The first-order valence-electron chi connectivity index (χ1n) is 9.71. The van der Waals surface area contributed by atoms with Crippen LogP contribution < -0.4 is 5.32 Å². The molecular formula is C20H31N3O2. The number of carbonyl (C=O) groups is 2. The Hall–Kier alpha value is -1.91. The Morgan fingerprint density at radius 1 is 1.12 bits per heavy atom. The third-order valence-corrected chi connectivity index (χ3v) is 4.71. The molecule has 0 radical (unpaired) electrons. The predicted octanol–water partition coefficient (Wildman–Crippen LogP) is 3.80. The summed E-state index contributed by atoms with van der Waals surface area (Å²) in [7, 11) is 0. The lowest BCUT2D eigenvalue weighted by atomic mass is 10.1. The number of hydrogen-bond donors (Lipinski definition) is 1. The molecule has 0 aromatic carbocycles. The Morgan fingerprint density at radius 3 is 2.36 bits per heavy atom. The van der Waals surface area contributed by atoms with Crippen LogP contribution in [0.4, 0.5) is 0 Å². The lowest BCUT2D eigenvalue weighted by Crippen LogP contribution is -2.35. The third-order valence-electron chi connectivity index (χ3n) is 4.71. The van der Waals surface area contributed by atoms with E-state index < -0.39 is 0 Å². The van der Waals surface area contributed by atoms with Gasteiger partial charge in [-0.1, -0.05) is 39.5 Å². The molecule has 1 aromatic heterocycles. The average molecular weight is 345 g/mol. The van der Waals surface area contributed by atoms with Gasteiger partial charge < -0.3 is 10.2 Å². The Kier molecular flexibility index (Phi) is 7.89. The number of pyridine rings is 1. The molecule has 5 nitrogen and oxygen atoms in total. The molecular weight excluding hydrogens is 314 g/mol. The SMILES string of the molecule is CCCN(CCC)C(=O)c1cc(C(=O)NC2CCCCCC2)ccn1. The van der Waals surface area contributed by atoms with Gasteiger partial charge in [-0.3, -0.25) is 14.6 Å². The predicted molar refractivity (Wildman–Crippen MR) is 99.7 cm³/mol. The van der Waals surface area contributed by atoms with Gasteiger partial charge in [0.25, 0.3) is 11.8 Å². The second-order valence-electron chi connectivity index (χ2n) is 6.88. The van der Waals surface area contributed by atoms with Crippen molar-refractivity contribution in [1.29, 1.82) is 0 Å². The molecule has 2 rings (SSSR count). The summed E-state index contributed by atoms with van der Waals surface area (Å²) in [6.45, 7) is 5.54. The number of nitrogens with zero attached hydrogens (tertiary/aromatic N) is 2. The highest BCUT2D eigenvalue weighted by Crippen LogP contribution is 2.18. The van der Waals surface area contributed by atoms with Crippen molar-refractivity contribution in [2.45, 2.75) is 71.3 Å². The first-order valence-corrected chi connectivity index (χ1v) is 9.71. The molecule has 1 aliphatic rings. The highest BCUT2D eigenvalue weighted by atomic mass is 16.2. The van der Waals surface area contributed by atoms with Gasteiger partial charge in [0.2, 0.25) is 0 Å². The molecule has 0 unspecified atom stereocenters. The van der Waals surface area contributed by atoms with Crippen LogP contribution in [0.15, 0.2) is 18.3 Å². The van der Waals surface area contributed by atoms with Crippen molar-refractivity contribution in [2.75, 3.05) is 13.1 Å². The lowest BCUT2D eigenvalue weighted by Gasteiger charge is -2.21. The molecule has 0 bridgehead atoms. The highest BCUT2D eigenvalue weighted by molar-refractivity contribution is 5.98. The van der Waals surface area contributed by atoms with Crippen molar-refractivity contribution in [3.05, 3.63) is 29.6 Å². The lowest BCUT2D eigenvalue weighted by molar-refractivity contribution is 0.0749. The van der Waals surface area contributed by atoms with Crippen molar-refractivity contribution in [1.82, 2.24) is 15.2 Å². The minimum Gasteiger partial charge on any atom is -0.349 e. The zero-order chi connectivity index (χ0) is 18.1. The van der Waals surface area contributed by atoms with Crippen LogP contribution >= 0.6 is 0 Å². The van der Waals surface area contributed by atoms with E-state index in [1.807, 2.05) is 4.90 Å². The normalized spacial score (nSPS) is 15.4. The maximum absolute atomic E-state index is 12.7. The quantitative estimate of drug-likeness (QED) is 0.765. The number of hydrogen-bond acceptors (Lipinski definition) is 3. The van der Waals surface area contributed by atoms with Crippen molar-refractivity contribution in [3.63, 3.8) is 0 Å². The molecule has 1 aliphatic carbocycles. The van der Waals surface area contributed by atoms with Crippen LogP contribution in [0.1, 0.15) is 86.1 Å². The summed E-state index contributed by atoms with van der Waals surface area (Å²) in [4.78, 5) is 31.2. The third kappa shape index (κ3) is 5.83. The largest absolute Gasteiger partial charge is 0.349 e. The number of amides is 2. The Labute approximate surface area is 151 Å². The highest BCUT2D eigenvalue weighted by Gasteiger charge is 2.19. The van der Waals surface area contributed by atoms with E-state index in [2.05, 4.69) is 24.1 Å². The fraction of sp³-hybridized carbons (Fsp3) is 0.650. The Bertz CT molecular complexity index is 560. The molecule has 0 aliphatic heterocycles. The number of aromatic nitrogens is 1. The molecule has 1 saturated carbocycles. The van der Waals surface area contributed by atoms with Gasteiger partial charge in [-0.05, 0) is 37.8 Å². The van der Waals surface area contributed by atoms with E-state index in [0.29, 0.717) is 24.3 Å². The van der Waals surface area contributed by atoms with Crippen LogP contribution in [0, 0.1) is 0 Å². The zero-order valence-electron chi connectivity index (χ0n) is 15.6. The summed E-state index contributed by atoms with van der Waals surface area (Å²) in [6, 6.07) is 3.57. The van der Waals surface area contributed by atoms with Crippen LogP contribution in [0.5, 0.6) is 0 Å². The maximum Gasteiger partial charge on any atom is 0.272 e. The van der Waals surface area contributed by atoms with Crippen molar-refractivity contribution in [2.24, 2.45) is 0 Å². The fourth-order valence-corrected chi connectivity index (χ4v) is 3.40. The maximum atomic E-state index is 12.7. The van der Waals surface area contributed by atoms with Crippen molar-refractivity contribution in [3.8, 4) is 0 Å². The van der Waals surface area contributed by atoms with Gasteiger partial charge in [-0.25, -0.2) is 0 Å². The van der Waals surface area contributed by atoms with E-state index in [1.165, 1.54) is 25.7 Å². The molecule has 138 valence electrons. The standard InChI is InChI=1S/C20H31N3O2/c1-3-13-23(14-4-2)20(25)18-15-16(11-12-21-18)19(24)22-17-9-7-5-6-8-10-17/h11-12,15,17H,3-10,13-14H2,1-2H3,(H,22,24). The molecule has 2 amide bonds. The van der Waals surface area contributed by atoms with Gasteiger partial charge in [0, 0.05) is 30.9 Å². The second kappa shape index (κ2) is 10.2. The molecule has 1 aromatic rings. The first kappa shape index (κ1) is 19.4. The number of rotatable bonds is 7. The summed E-state index contributed by atoms with van der Waals surface area (Å²) in [5.41, 5.74) is 0.881. The number of carbonyl (C=O) groups excluding carboxylic acids is 2. The summed E-state index contributed by atoms with van der Waals surface area (Å²) in [5.74, 6) is -0.186. The van der Waals surface area contributed by atoms with Gasteiger partial charge in [0.15, 0.2) is 0 Å². The van der Waals surface area contributed by atoms with E-state index in [-0.39, 0.29) is 17.9 Å².